The highest BCUT2D eigenvalue weighted by molar-refractivity contribution is 8.00. The number of aromatic nitrogens is 3. The first-order valence-corrected chi connectivity index (χ1v) is 9.90. The number of hydrogen-bond donors (Lipinski definition) is 1. The second-order valence-corrected chi connectivity index (χ2v) is 7.67. The fourth-order valence-corrected chi connectivity index (χ4v) is 3.68. The highest BCUT2D eigenvalue weighted by atomic mass is 32.2. The summed E-state index contributed by atoms with van der Waals surface area (Å²) in [4.78, 5) is 12.5. The fourth-order valence-electron chi connectivity index (χ4n) is 2.84. The average molecular weight is 385 g/mol. The van der Waals surface area contributed by atoms with Crippen molar-refractivity contribution in [1.29, 1.82) is 0 Å². The molecule has 3 aromatic rings. The van der Waals surface area contributed by atoms with E-state index in [0.717, 1.165) is 6.42 Å². The van der Waals surface area contributed by atoms with E-state index in [4.69, 9.17) is 4.42 Å². The minimum absolute atomic E-state index is 0.00284. The van der Waals surface area contributed by atoms with Crippen LogP contribution in [-0.2, 0) is 11.8 Å². The van der Waals surface area contributed by atoms with Gasteiger partial charge >= 0.3 is 0 Å². The molecule has 142 valence electrons. The molecule has 6 nitrogen and oxygen atoms in total. The van der Waals surface area contributed by atoms with Gasteiger partial charge in [0.15, 0.2) is 16.7 Å². The Morgan fingerprint density at radius 1 is 1.22 bits per heavy atom. The molecular formula is C20H24N4O2S. The standard InChI is InChI=1S/C20H24N4O2S/c1-4-15(16-9-6-5-7-10-16)13-21-19(25)14(2)27-20-23-22-18(24(20)3)17-11-8-12-26-17/h5-12,14-15H,4,13H2,1-3H3,(H,21,25)/t14-,15+/m1/s1. The lowest BCUT2D eigenvalue weighted by atomic mass is 9.96. The van der Waals surface area contributed by atoms with Gasteiger partial charge in [-0.3, -0.25) is 4.79 Å². The van der Waals surface area contributed by atoms with Crippen molar-refractivity contribution in [3.05, 3.63) is 54.3 Å². The van der Waals surface area contributed by atoms with E-state index in [1.54, 1.807) is 6.26 Å². The number of carbonyl (C=O) groups excluding carboxylic acids is 1. The normalized spacial score (nSPS) is 13.3. The average Bonchev–Trinajstić information content (AvgIpc) is 3.33. The molecule has 1 aromatic carbocycles. The van der Waals surface area contributed by atoms with Crippen LogP contribution in [0.3, 0.4) is 0 Å². The van der Waals surface area contributed by atoms with Crippen molar-refractivity contribution < 1.29 is 9.21 Å². The number of nitrogens with zero attached hydrogens (tertiary/aromatic N) is 3. The highest BCUT2D eigenvalue weighted by Crippen LogP contribution is 2.26. The van der Waals surface area contributed by atoms with Gasteiger partial charge in [0, 0.05) is 19.5 Å². The van der Waals surface area contributed by atoms with Gasteiger partial charge in [-0.15, -0.1) is 10.2 Å². The molecular weight excluding hydrogens is 360 g/mol. The van der Waals surface area contributed by atoms with Crippen molar-refractivity contribution >= 4 is 17.7 Å². The highest BCUT2D eigenvalue weighted by Gasteiger charge is 2.21. The third-order valence-electron chi connectivity index (χ3n) is 4.51. The SMILES string of the molecule is CC[C@@H](CNC(=O)[C@@H](C)Sc1nnc(-c2ccco2)n1C)c1ccccc1. The maximum atomic E-state index is 12.5. The van der Waals surface area contributed by atoms with E-state index in [0.29, 0.717) is 29.2 Å². The van der Waals surface area contributed by atoms with Crippen LogP contribution in [-0.4, -0.2) is 32.5 Å². The number of nitrogens with one attached hydrogen (secondary N) is 1. The summed E-state index contributed by atoms with van der Waals surface area (Å²) in [6.07, 6.45) is 2.57. The summed E-state index contributed by atoms with van der Waals surface area (Å²) in [6.45, 7) is 4.64. The molecule has 0 spiro atoms. The fraction of sp³-hybridized carbons (Fsp3) is 0.350. The first kappa shape index (κ1) is 19.2. The Morgan fingerprint density at radius 3 is 2.67 bits per heavy atom. The molecule has 0 bridgehead atoms. The summed E-state index contributed by atoms with van der Waals surface area (Å²) in [7, 11) is 1.87. The van der Waals surface area contributed by atoms with Crippen LogP contribution in [0.5, 0.6) is 0 Å². The van der Waals surface area contributed by atoms with Gasteiger partial charge in [0.1, 0.15) is 0 Å². The lowest BCUT2D eigenvalue weighted by Crippen LogP contribution is -2.34. The molecule has 0 radical (unpaired) electrons. The summed E-state index contributed by atoms with van der Waals surface area (Å²) >= 11 is 1.39. The van der Waals surface area contributed by atoms with Crippen LogP contribution < -0.4 is 5.32 Å². The monoisotopic (exact) mass is 384 g/mol. The van der Waals surface area contributed by atoms with Crippen LogP contribution in [0, 0.1) is 0 Å². The van der Waals surface area contributed by atoms with Crippen LogP contribution in [0.4, 0.5) is 0 Å². The largest absolute Gasteiger partial charge is 0.461 e. The predicted octanol–water partition coefficient (Wildman–Crippen LogP) is 3.87. The quantitative estimate of drug-likeness (QED) is 0.597. The number of furan rings is 1. The van der Waals surface area contributed by atoms with Crippen LogP contribution in [0.2, 0.25) is 0 Å². The Bertz CT molecular complexity index is 862. The van der Waals surface area contributed by atoms with Gasteiger partial charge in [-0.1, -0.05) is 49.0 Å². The Hall–Kier alpha value is -2.54. The maximum Gasteiger partial charge on any atom is 0.233 e. The number of amides is 1. The minimum Gasteiger partial charge on any atom is -0.461 e. The molecule has 1 N–H and O–H groups in total. The maximum absolute atomic E-state index is 12.5. The smallest absolute Gasteiger partial charge is 0.233 e. The second-order valence-electron chi connectivity index (χ2n) is 6.36. The molecule has 2 atom stereocenters. The molecule has 0 aliphatic rings. The van der Waals surface area contributed by atoms with E-state index in [1.165, 1.54) is 17.3 Å². The van der Waals surface area contributed by atoms with Gasteiger partial charge in [-0.25, -0.2) is 0 Å². The third-order valence-corrected chi connectivity index (χ3v) is 5.65. The van der Waals surface area contributed by atoms with E-state index in [9.17, 15) is 4.79 Å². The van der Waals surface area contributed by atoms with Crippen LogP contribution in [0.25, 0.3) is 11.6 Å². The molecule has 0 unspecified atom stereocenters. The molecule has 7 heteroatoms. The molecule has 2 aromatic heterocycles. The molecule has 0 aliphatic carbocycles. The topological polar surface area (TPSA) is 73.0 Å². The van der Waals surface area contributed by atoms with E-state index in [-0.39, 0.29) is 11.2 Å². The molecule has 2 heterocycles. The van der Waals surface area contributed by atoms with Gasteiger partial charge < -0.3 is 14.3 Å². The molecule has 27 heavy (non-hydrogen) atoms. The minimum atomic E-state index is -0.273. The molecule has 3 rings (SSSR count). The Balaban J connectivity index is 1.58. The van der Waals surface area contributed by atoms with Crippen LogP contribution in [0.15, 0.2) is 58.3 Å². The number of carbonyl (C=O) groups is 1. The molecule has 0 fully saturated rings. The zero-order valence-electron chi connectivity index (χ0n) is 15.8. The molecule has 0 aliphatic heterocycles. The Morgan fingerprint density at radius 2 is 2.00 bits per heavy atom. The van der Waals surface area contributed by atoms with E-state index in [2.05, 4.69) is 34.6 Å². The summed E-state index contributed by atoms with van der Waals surface area (Å²) in [5.41, 5.74) is 1.25. The van der Waals surface area contributed by atoms with Crippen LogP contribution >= 0.6 is 11.8 Å². The summed E-state index contributed by atoms with van der Waals surface area (Å²) in [5.74, 6) is 1.61. The lowest BCUT2D eigenvalue weighted by molar-refractivity contribution is -0.120. The predicted molar refractivity (Wildman–Crippen MR) is 107 cm³/mol. The number of rotatable bonds is 8. The van der Waals surface area contributed by atoms with Gasteiger partial charge in [0.25, 0.3) is 0 Å². The van der Waals surface area contributed by atoms with Crippen molar-refractivity contribution in [2.24, 2.45) is 7.05 Å². The first-order valence-electron chi connectivity index (χ1n) is 9.02. The van der Waals surface area contributed by atoms with Gasteiger partial charge in [0.2, 0.25) is 5.91 Å². The summed E-state index contributed by atoms with van der Waals surface area (Å²) < 4.78 is 7.21. The Kier molecular flexibility index (Phi) is 6.34. The molecule has 0 saturated carbocycles. The van der Waals surface area contributed by atoms with Crippen molar-refractivity contribution in [2.45, 2.75) is 36.6 Å². The van der Waals surface area contributed by atoms with Crippen molar-refractivity contribution in [2.75, 3.05) is 6.54 Å². The zero-order valence-corrected chi connectivity index (χ0v) is 16.6. The van der Waals surface area contributed by atoms with Gasteiger partial charge in [0.05, 0.1) is 11.5 Å². The van der Waals surface area contributed by atoms with Crippen molar-refractivity contribution in [1.82, 2.24) is 20.1 Å². The van der Waals surface area contributed by atoms with E-state index in [1.807, 2.05) is 48.9 Å². The van der Waals surface area contributed by atoms with Crippen molar-refractivity contribution in [3.63, 3.8) is 0 Å². The first-order chi connectivity index (χ1) is 13.1. The third kappa shape index (κ3) is 4.60. The number of hydrogen-bond acceptors (Lipinski definition) is 5. The molecule has 0 saturated heterocycles. The van der Waals surface area contributed by atoms with Crippen LogP contribution in [0.1, 0.15) is 31.7 Å². The lowest BCUT2D eigenvalue weighted by Gasteiger charge is -2.18. The second kappa shape index (κ2) is 8.90. The van der Waals surface area contributed by atoms with Crippen molar-refractivity contribution in [3.8, 4) is 11.6 Å². The van der Waals surface area contributed by atoms with Gasteiger partial charge in [-0.2, -0.15) is 0 Å². The Labute approximate surface area is 163 Å². The van der Waals surface area contributed by atoms with E-state index < -0.39 is 0 Å². The molecule has 1 amide bonds. The zero-order chi connectivity index (χ0) is 19.2. The number of thioether (sulfide) groups is 1. The van der Waals surface area contributed by atoms with Gasteiger partial charge in [-0.05, 0) is 31.0 Å². The summed E-state index contributed by atoms with van der Waals surface area (Å²) in [6, 6.07) is 13.9. The summed E-state index contributed by atoms with van der Waals surface area (Å²) in [5, 5.41) is 11.8. The van der Waals surface area contributed by atoms with E-state index >= 15 is 0 Å². The number of benzene rings is 1.